The molecule has 8 nitrogen and oxygen atoms in total. The first-order valence-corrected chi connectivity index (χ1v) is 9.70. The molecule has 0 aliphatic carbocycles. The molecular weight excluding hydrogens is 394 g/mol. The minimum atomic E-state index is -4.04. The summed E-state index contributed by atoms with van der Waals surface area (Å²) >= 11 is 0. The minimum Gasteiger partial charge on any atom is -0.366 e. The van der Waals surface area contributed by atoms with Crippen LogP contribution in [-0.4, -0.2) is 47.5 Å². The average molecular weight is 408 g/mol. The molecule has 4 rings (SSSR count). The fourth-order valence-corrected chi connectivity index (χ4v) is 4.20. The number of rotatable bonds is 4. The van der Waals surface area contributed by atoms with Crippen molar-refractivity contribution in [1.29, 1.82) is 0 Å². The number of hydrogen-bond donors (Lipinski definition) is 0. The predicted molar refractivity (Wildman–Crippen MR) is 91.3 cm³/mol. The van der Waals surface area contributed by atoms with Gasteiger partial charge in [-0.25, -0.2) is 17.2 Å². The Morgan fingerprint density at radius 1 is 1.11 bits per heavy atom. The molecule has 146 valence electrons. The Labute approximate surface area is 158 Å². The molecule has 0 saturated carbocycles. The van der Waals surface area contributed by atoms with Crippen LogP contribution >= 0.6 is 0 Å². The highest BCUT2D eigenvalue weighted by molar-refractivity contribution is 7.89. The average Bonchev–Trinajstić information content (AvgIpc) is 3.21. The summed E-state index contributed by atoms with van der Waals surface area (Å²) in [6.45, 7) is 0.0447. The second-order valence-electron chi connectivity index (χ2n) is 5.99. The maximum Gasteiger partial charge on any atom is 0.257 e. The normalized spacial score (nSPS) is 18.3. The Balaban J connectivity index is 1.56. The smallest absolute Gasteiger partial charge is 0.257 e. The highest BCUT2D eigenvalue weighted by Gasteiger charge is 2.34. The number of ether oxygens (including phenoxy) is 1. The first-order valence-electron chi connectivity index (χ1n) is 8.26. The highest BCUT2D eigenvalue weighted by Crippen LogP contribution is 2.27. The number of aromatic nitrogens is 3. The number of nitrogens with zero attached hydrogens (tertiary/aromatic N) is 4. The van der Waals surface area contributed by atoms with Gasteiger partial charge in [0.25, 0.3) is 5.89 Å². The van der Waals surface area contributed by atoms with Gasteiger partial charge in [-0.15, -0.1) is 0 Å². The van der Waals surface area contributed by atoms with Crippen molar-refractivity contribution in [3.63, 3.8) is 0 Å². The van der Waals surface area contributed by atoms with Crippen molar-refractivity contribution in [2.75, 3.05) is 19.7 Å². The summed E-state index contributed by atoms with van der Waals surface area (Å²) in [5.41, 5.74) is 0.687. The number of morpholine rings is 1. The van der Waals surface area contributed by atoms with Gasteiger partial charge in [-0.2, -0.15) is 9.29 Å². The number of hydrogen-bond acceptors (Lipinski definition) is 7. The standard InChI is InChI=1S/C17H14F2N4O4S/c18-13-2-1-12(9-14(13)19)28(24,25)23-7-8-26-15(10-23)17-21-16(22-27-17)11-3-5-20-6-4-11/h1-6,9,15H,7-8,10H2/t15-/m0/s1. The molecule has 0 N–H and O–H groups in total. The number of benzene rings is 1. The van der Waals surface area contributed by atoms with Crippen molar-refractivity contribution in [2.45, 2.75) is 11.0 Å². The molecule has 1 aromatic carbocycles. The van der Waals surface area contributed by atoms with E-state index in [0.717, 1.165) is 16.4 Å². The largest absolute Gasteiger partial charge is 0.366 e. The molecule has 0 radical (unpaired) electrons. The van der Waals surface area contributed by atoms with Crippen molar-refractivity contribution >= 4 is 10.0 Å². The first-order chi connectivity index (χ1) is 13.4. The van der Waals surface area contributed by atoms with E-state index in [1.807, 2.05) is 0 Å². The maximum absolute atomic E-state index is 13.5. The van der Waals surface area contributed by atoms with Crippen LogP contribution in [0.15, 0.2) is 52.1 Å². The lowest BCUT2D eigenvalue weighted by Gasteiger charge is -2.30. The summed E-state index contributed by atoms with van der Waals surface area (Å²) in [5.74, 6) is -1.91. The van der Waals surface area contributed by atoms with Crippen LogP contribution in [0.2, 0.25) is 0 Å². The van der Waals surface area contributed by atoms with E-state index in [1.165, 1.54) is 0 Å². The van der Waals surface area contributed by atoms with Gasteiger partial charge in [-0.05, 0) is 30.3 Å². The van der Waals surface area contributed by atoms with Gasteiger partial charge in [0.1, 0.15) is 0 Å². The zero-order valence-corrected chi connectivity index (χ0v) is 15.1. The fraction of sp³-hybridized carbons (Fsp3) is 0.235. The van der Waals surface area contributed by atoms with Crippen LogP contribution in [0.5, 0.6) is 0 Å². The lowest BCUT2D eigenvalue weighted by Crippen LogP contribution is -2.42. The summed E-state index contributed by atoms with van der Waals surface area (Å²) in [4.78, 5) is 7.83. The van der Waals surface area contributed by atoms with Crippen LogP contribution < -0.4 is 0 Å². The molecule has 1 aliphatic heterocycles. The van der Waals surface area contributed by atoms with E-state index in [2.05, 4.69) is 15.1 Å². The molecule has 11 heteroatoms. The van der Waals surface area contributed by atoms with E-state index in [-0.39, 0.29) is 30.5 Å². The second-order valence-corrected chi connectivity index (χ2v) is 7.93. The number of sulfonamides is 1. The van der Waals surface area contributed by atoms with Crippen molar-refractivity contribution in [3.8, 4) is 11.4 Å². The molecule has 1 atom stereocenters. The van der Waals surface area contributed by atoms with Crippen molar-refractivity contribution < 1.29 is 26.5 Å². The Bertz CT molecular complexity index is 1090. The third-order valence-electron chi connectivity index (χ3n) is 4.21. The number of halogens is 2. The number of pyridine rings is 1. The molecule has 1 aliphatic rings. The lowest BCUT2D eigenvalue weighted by molar-refractivity contribution is -0.0199. The summed E-state index contributed by atoms with van der Waals surface area (Å²) in [6.07, 6.45) is 2.38. The molecule has 0 amide bonds. The summed E-state index contributed by atoms with van der Waals surface area (Å²) in [6, 6.07) is 5.86. The molecule has 2 aromatic heterocycles. The van der Waals surface area contributed by atoms with Crippen molar-refractivity contribution in [3.05, 3.63) is 60.3 Å². The molecule has 0 unspecified atom stereocenters. The van der Waals surface area contributed by atoms with Crippen LogP contribution in [0.1, 0.15) is 12.0 Å². The SMILES string of the molecule is O=S(=O)(c1ccc(F)c(F)c1)N1CCO[C@H](c2nc(-c3ccncc3)no2)C1. The van der Waals surface area contributed by atoms with E-state index < -0.39 is 27.8 Å². The van der Waals surface area contributed by atoms with E-state index in [9.17, 15) is 17.2 Å². The molecule has 0 bridgehead atoms. The van der Waals surface area contributed by atoms with E-state index in [1.54, 1.807) is 24.5 Å². The van der Waals surface area contributed by atoms with E-state index in [4.69, 9.17) is 9.26 Å². The molecule has 3 heterocycles. The zero-order valence-electron chi connectivity index (χ0n) is 14.3. The van der Waals surface area contributed by atoms with Crippen molar-refractivity contribution in [2.24, 2.45) is 0 Å². The molecule has 28 heavy (non-hydrogen) atoms. The van der Waals surface area contributed by atoms with Crippen LogP contribution in [0.25, 0.3) is 11.4 Å². The van der Waals surface area contributed by atoms with Gasteiger partial charge < -0.3 is 9.26 Å². The minimum absolute atomic E-state index is 0.0587. The van der Waals surface area contributed by atoms with Crippen LogP contribution in [0.3, 0.4) is 0 Å². The van der Waals surface area contributed by atoms with E-state index >= 15 is 0 Å². The molecule has 1 saturated heterocycles. The van der Waals surface area contributed by atoms with Gasteiger partial charge in [0, 0.05) is 31.0 Å². The molecule has 0 spiro atoms. The Kier molecular flexibility index (Phi) is 4.87. The summed E-state index contributed by atoms with van der Waals surface area (Å²) in [5, 5.41) is 3.88. The Morgan fingerprint density at radius 3 is 2.64 bits per heavy atom. The van der Waals surface area contributed by atoms with Crippen molar-refractivity contribution in [1.82, 2.24) is 19.4 Å². The van der Waals surface area contributed by atoms with Gasteiger partial charge in [-0.3, -0.25) is 4.98 Å². The monoisotopic (exact) mass is 408 g/mol. The van der Waals surface area contributed by atoms with Gasteiger partial charge in [0.05, 0.1) is 11.5 Å². The molecule has 3 aromatic rings. The van der Waals surface area contributed by atoms with Gasteiger partial charge in [-0.1, -0.05) is 5.16 Å². The quantitative estimate of drug-likeness (QED) is 0.652. The topological polar surface area (TPSA) is 98.4 Å². The zero-order chi connectivity index (χ0) is 19.7. The predicted octanol–water partition coefficient (Wildman–Crippen LogP) is 2.17. The molecule has 1 fully saturated rings. The highest BCUT2D eigenvalue weighted by atomic mass is 32.2. The summed E-state index contributed by atoms with van der Waals surface area (Å²) < 4.78 is 64.0. The summed E-state index contributed by atoms with van der Waals surface area (Å²) in [7, 11) is -4.04. The third-order valence-corrected chi connectivity index (χ3v) is 6.07. The van der Waals surface area contributed by atoms with Crippen LogP contribution in [0, 0.1) is 11.6 Å². The molecular formula is C17H14F2N4O4S. The second kappa shape index (κ2) is 7.34. The van der Waals surface area contributed by atoms with Crippen LogP contribution in [0.4, 0.5) is 8.78 Å². The van der Waals surface area contributed by atoms with E-state index in [0.29, 0.717) is 17.5 Å². The van der Waals surface area contributed by atoms with Gasteiger partial charge in [0.15, 0.2) is 17.7 Å². The van der Waals surface area contributed by atoms with Crippen LogP contribution in [-0.2, 0) is 14.8 Å². The first kappa shape index (κ1) is 18.6. The lowest BCUT2D eigenvalue weighted by atomic mass is 10.2. The Hall–Kier alpha value is -2.76. The maximum atomic E-state index is 13.5. The van der Waals surface area contributed by atoms with Gasteiger partial charge >= 0.3 is 0 Å². The Morgan fingerprint density at radius 2 is 1.89 bits per heavy atom. The fourth-order valence-electron chi connectivity index (χ4n) is 2.76. The third kappa shape index (κ3) is 3.51. The van der Waals surface area contributed by atoms with Gasteiger partial charge in [0.2, 0.25) is 15.8 Å².